The average molecular weight is 386 g/mol. The maximum atomic E-state index is 13.5. The zero-order valence-corrected chi connectivity index (χ0v) is 13.1. The summed E-state index contributed by atoms with van der Waals surface area (Å²) in [5, 5.41) is 8.12. The van der Waals surface area contributed by atoms with Crippen molar-refractivity contribution in [3.8, 4) is 0 Å². The Morgan fingerprint density at radius 2 is 1.32 bits per heavy atom. The van der Waals surface area contributed by atoms with Gasteiger partial charge in [-0.3, -0.25) is 0 Å². The first-order valence-corrected chi connectivity index (χ1v) is 6.42. The molecule has 0 bridgehead atoms. The standard InChI is InChI=1S/C13H14F8O4/c1-9(2,3)6-10(14,15)11(16,17)12(18,19)13(20,21)25-8(24)5-4-7(22)23/h4-5H,6H2,1-3H3,(H,22,23)/b5-4+. The summed E-state index contributed by atoms with van der Waals surface area (Å²) >= 11 is 0. The zero-order valence-electron chi connectivity index (χ0n) is 13.1. The van der Waals surface area contributed by atoms with Gasteiger partial charge in [-0.05, 0) is 5.41 Å². The van der Waals surface area contributed by atoms with Crippen LogP contribution in [0.1, 0.15) is 27.2 Å². The summed E-state index contributed by atoms with van der Waals surface area (Å²) in [5.74, 6) is -23.2. The highest BCUT2D eigenvalue weighted by Crippen LogP contribution is 2.55. The Balaban J connectivity index is 5.68. The Hall–Kier alpha value is -1.88. The molecule has 0 spiro atoms. The first-order valence-electron chi connectivity index (χ1n) is 6.42. The van der Waals surface area contributed by atoms with Crippen LogP contribution in [-0.2, 0) is 14.3 Å². The van der Waals surface area contributed by atoms with Gasteiger partial charge in [0.15, 0.2) is 0 Å². The molecule has 0 saturated heterocycles. The van der Waals surface area contributed by atoms with Crippen LogP contribution in [0.5, 0.6) is 0 Å². The predicted molar refractivity (Wildman–Crippen MR) is 66.7 cm³/mol. The zero-order chi connectivity index (χ0) is 20.5. The minimum atomic E-state index is -6.78. The van der Waals surface area contributed by atoms with Crippen molar-refractivity contribution in [3.63, 3.8) is 0 Å². The largest absolute Gasteiger partial charge is 0.478 e. The van der Waals surface area contributed by atoms with Gasteiger partial charge in [-0.15, -0.1) is 0 Å². The molecule has 25 heavy (non-hydrogen) atoms. The Morgan fingerprint density at radius 3 is 1.68 bits per heavy atom. The van der Waals surface area contributed by atoms with Crippen LogP contribution in [0, 0.1) is 5.41 Å². The summed E-state index contributed by atoms with van der Waals surface area (Å²) in [7, 11) is 0. The van der Waals surface area contributed by atoms with Crippen LogP contribution in [0.25, 0.3) is 0 Å². The molecule has 0 aromatic rings. The Morgan fingerprint density at radius 1 is 0.880 bits per heavy atom. The molecular formula is C13H14F8O4. The highest BCUT2D eigenvalue weighted by molar-refractivity contribution is 5.90. The molecule has 146 valence electrons. The van der Waals surface area contributed by atoms with E-state index < -0.39 is 47.7 Å². The van der Waals surface area contributed by atoms with Crippen LogP contribution < -0.4 is 0 Å². The van der Waals surface area contributed by atoms with Crippen LogP contribution in [-0.4, -0.2) is 40.9 Å². The fraction of sp³-hybridized carbons (Fsp3) is 0.692. The van der Waals surface area contributed by atoms with Crippen molar-refractivity contribution in [2.24, 2.45) is 5.41 Å². The average Bonchev–Trinajstić information content (AvgIpc) is 2.32. The topological polar surface area (TPSA) is 63.6 Å². The van der Waals surface area contributed by atoms with Gasteiger partial charge in [-0.1, -0.05) is 20.8 Å². The van der Waals surface area contributed by atoms with E-state index in [9.17, 15) is 44.7 Å². The molecule has 0 rings (SSSR count). The third-order valence-electron chi connectivity index (χ3n) is 2.56. The van der Waals surface area contributed by atoms with Gasteiger partial charge in [0, 0.05) is 18.6 Å². The van der Waals surface area contributed by atoms with E-state index in [-0.39, 0.29) is 12.2 Å². The first-order chi connectivity index (χ1) is 10.8. The maximum Gasteiger partial charge on any atom is 0.473 e. The summed E-state index contributed by atoms with van der Waals surface area (Å²) in [6, 6.07) is 0. The van der Waals surface area contributed by atoms with E-state index in [1.807, 2.05) is 0 Å². The number of carbonyl (C=O) groups excluding carboxylic acids is 1. The second kappa shape index (κ2) is 6.79. The minimum Gasteiger partial charge on any atom is -0.478 e. The number of alkyl halides is 8. The van der Waals surface area contributed by atoms with E-state index >= 15 is 0 Å². The third-order valence-corrected chi connectivity index (χ3v) is 2.56. The summed E-state index contributed by atoms with van der Waals surface area (Å²) in [6.07, 6.45) is -8.59. The summed E-state index contributed by atoms with van der Waals surface area (Å²) in [5.41, 5.74) is -1.63. The number of hydrogen-bond acceptors (Lipinski definition) is 3. The van der Waals surface area contributed by atoms with Crippen LogP contribution in [0.3, 0.4) is 0 Å². The third kappa shape index (κ3) is 5.30. The van der Waals surface area contributed by atoms with Crippen LogP contribution in [0.4, 0.5) is 35.1 Å². The van der Waals surface area contributed by atoms with Gasteiger partial charge in [0.25, 0.3) is 0 Å². The minimum absolute atomic E-state index is 0.108. The smallest absolute Gasteiger partial charge is 0.473 e. The normalized spacial score (nSPS) is 14.7. The molecule has 1 N–H and O–H groups in total. The van der Waals surface area contributed by atoms with E-state index in [2.05, 4.69) is 4.74 Å². The number of esters is 1. The molecule has 0 radical (unpaired) electrons. The van der Waals surface area contributed by atoms with Crippen molar-refractivity contribution in [3.05, 3.63) is 12.2 Å². The highest BCUT2D eigenvalue weighted by Gasteiger charge is 2.82. The number of carboxylic acids is 1. The number of carboxylic acid groups (broad SMARTS) is 1. The second-order valence-electron chi connectivity index (χ2n) is 6.20. The molecule has 4 nitrogen and oxygen atoms in total. The lowest BCUT2D eigenvalue weighted by Crippen LogP contribution is -2.63. The predicted octanol–water partition coefficient (Wildman–Crippen LogP) is 4.11. The quantitative estimate of drug-likeness (QED) is 0.407. The lowest BCUT2D eigenvalue weighted by atomic mass is 9.85. The highest BCUT2D eigenvalue weighted by atomic mass is 19.4. The van der Waals surface area contributed by atoms with Gasteiger partial charge >= 0.3 is 35.8 Å². The van der Waals surface area contributed by atoms with Gasteiger partial charge < -0.3 is 9.84 Å². The second-order valence-corrected chi connectivity index (χ2v) is 6.20. The van der Waals surface area contributed by atoms with Crippen LogP contribution in [0.2, 0.25) is 0 Å². The summed E-state index contributed by atoms with van der Waals surface area (Å²) in [4.78, 5) is 20.8. The van der Waals surface area contributed by atoms with E-state index in [4.69, 9.17) is 5.11 Å². The van der Waals surface area contributed by atoms with E-state index in [1.54, 1.807) is 0 Å². The van der Waals surface area contributed by atoms with Crippen molar-refractivity contribution in [2.45, 2.75) is 51.1 Å². The molecule has 0 aromatic heterocycles. The maximum absolute atomic E-state index is 13.5. The lowest BCUT2D eigenvalue weighted by molar-refractivity contribution is -0.418. The van der Waals surface area contributed by atoms with E-state index in [1.165, 1.54) is 0 Å². The van der Waals surface area contributed by atoms with Crippen molar-refractivity contribution in [2.75, 3.05) is 0 Å². The van der Waals surface area contributed by atoms with E-state index in [0.717, 1.165) is 20.8 Å². The molecule has 0 aliphatic rings. The molecule has 0 amide bonds. The fourth-order valence-corrected chi connectivity index (χ4v) is 1.55. The molecule has 0 atom stereocenters. The van der Waals surface area contributed by atoms with Crippen molar-refractivity contribution in [1.29, 1.82) is 0 Å². The molecule has 0 unspecified atom stereocenters. The number of carbonyl (C=O) groups is 2. The number of hydrogen-bond donors (Lipinski definition) is 1. The SMILES string of the molecule is CC(C)(C)CC(F)(F)C(F)(F)C(F)(F)C(F)(F)OC(=O)/C=C/C(=O)O. The van der Waals surface area contributed by atoms with Crippen molar-refractivity contribution < 1.29 is 54.6 Å². The molecule has 0 aromatic carbocycles. The monoisotopic (exact) mass is 386 g/mol. The fourth-order valence-electron chi connectivity index (χ4n) is 1.55. The Kier molecular flexibility index (Phi) is 6.28. The number of halogens is 8. The van der Waals surface area contributed by atoms with Gasteiger partial charge in [0.2, 0.25) is 0 Å². The summed E-state index contributed by atoms with van der Waals surface area (Å²) < 4.78 is 110. The summed E-state index contributed by atoms with van der Waals surface area (Å²) in [6.45, 7) is 2.97. The van der Waals surface area contributed by atoms with Crippen molar-refractivity contribution in [1.82, 2.24) is 0 Å². The first kappa shape index (κ1) is 23.1. The Bertz CT molecular complexity index is 549. The number of rotatable bonds is 7. The number of ether oxygens (including phenoxy) is 1. The van der Waals surface area contributed by atoms with Crippen molar-refractivity contribution >= 4 is 11.9 Å². The molecule has 0 aliphatic carbocycles. The molecule has 0 saturated carbocycles. The van der Waals surface area contributed by atoms with Gasteiger partial charge in [0.1, 0.15) is 0 Å². The molecule has 0 fully saturated rings. The van der Waals surface area contributed by atoms with E-state index in [0.29, 0.717) is 0 Å². The van der Waals surface area contributed by atoms with Gasteiger partial charge in [0.05, 0.1) is 0 Å². The molecule has 12 heteroatoms. The van der Waals surface area contributed by atoms with Crippen LogP contribution >= 0.6 is 0 Å². The molecular weight excluding hydrogens is 372 g/mol. The van der Waals surface area contributed by atoms with Gasteiger partial charge in [-0.25, -0.2) is 9.59 Å². The van der Waals surface area contributed by atoms with Gasteiger partial charge in [-0.2, -0.15) is 35.1 Å². The Labute approximate surface area is 136 Å². The lowest BCUT2D eigenvalue weighted by Gasteiger charge is -2.37. The molecule has 0 aliphatic heterocycles. The molecule has 0 heterocycles. The number of aliphatic carboxylic acids is 1. The van der Waals surface area contributed by atoms with Crippen LogP contribution in [0.15, 0.2) is 12.2 Å².